The van der Waals surface area contributed by atoms with Gasteiger partial charge in [0, 0.05) is 0 Å². The number of nitrogens with zero attached hydrogens (tertiary/aromatic N) is 6. The van der Waals surface area contributed by atoms with E-state index < -0.39 is 0 Å². The number of benzene rings is 1. The van der Waals surface area contributed by atoms with Gasteiger partial charge >= 0.3 is 0 Å². The first-order valence-electron chi connectivity index (χ1n) is 3.56. The van der Waals surface area contributed by atoms with Crippen LogP contribution < -0.4 is 0 Å². The maximum Gasteiger partial charge on any atom is 0.226 e. The van der Waals surface area contributed by atoms with Gasteiger partial charge < -0.3 is 0 Å². The van der Waals surface area contributed by atoms with E-state index in [9.17, 15) is 0 Å². The standard InChI is InChI=1S/C8H4N6/c9-5-11-13-7-1-2-8(4-3-7)14-12-6-10/h1-4H. The molecule has 6 heteroatoms. The summed E-state index contributed by atoms with van der Waals surface area (Å²) in [5.41, 5.74) is 1.09. The Kier molecular flexibility index (Phi) is 3.47. The van der Waals surface area contributed by atoms with Crippen LogP contribution in [0.2, 0.25) is 0 Å². The molecule has 0 unspecified atom stereocenters. The molecule has 0 saturated carbocycles. The molecule has 0 aliphatic rings. The summed E-state index contributed by atoms with van der Waals surface area (Å²) in [5, 5.41) is 29.7. The van der Waals surface area contributed by atoms with Gasteiger partial charge in [-0.25, -0.2) is 0 Å². The predicted octanol–water partition coefficient (Wildman–Crippen LogP) is 2.82. The van der Waals surface area contributed by atoms with Crippen molar-refractivity contribution < 1.29 is 0 Å². The number of hydrogen-bond acceptors (Lipinski definition) is 6. The molecule has 1 aromatic rings. The number of nitriles is 2. The van der Waals surface area contributed by atoms with Crippen molar-refractivity contribution >= 4 is 11.4 Å². The van der Waals surface area contributed by atoms with Crippen LogP contribution in [-0.2, 0) is 0 Å². The van der Waals surface area contributed by atoms with Crippen LogP contribution >= 0.6 is 0 Å². The quantitative estimate of drug-likeness (QED) is 0.521. The van der Waals surface area contributed by atoms with Gasteiger partial charge in [0.05, 0.1) is 11.4 Å². The van der Waals surface area contributed by atoms with Crippen molar-refractivity contribution in [2.24, 2.45) is 20.5 Å². The molecule has 0 aliphatic carbocycles. The predicted molar refractivity (Wildman–Crippen MR) is 46.7 cm³/mol. The summed E-state index contributed by atoms with van der Waals surface area (Å²) in [7, 11) is 0. The van der Waals surface area contributed by atoms with E-state index in [-0.39, 0.29) is 0 Å². The third kappa shape index (κ3) is 2.80. The van der Waals surface area contributed by atoms with Gasteiger partial charge in [-0.1, -0.05) is 10.2 Å². The first-order chi connectivity index (χ1) is 6.86. The van der Waals surface area contributed by atoms with Crippen molar-refractivity contribution in [3.05, 3.63) is 24.3 Å². The van der Waals surface area contributed by atoms with E-state index in [1.807, 2.05) is 0 Å². The minimum atomic E-state index is 0.544. The molecule has 0 amide bonds. The van der Waals surface area contributed by atoms with Gasteiger partial charge in [0.25, 0.3) is 0 Å². The van der Waals surface area contributed by atoms with Crippen molar-refractivity contribution in [3.63, 3.8) is 0 Å². The lowest BCUT2D eigenvalue weighted by Crippen LogP contribution is -1.63. The zero-order valence-electron chi connectivity index (χ0n) is 6.99. The van der Waals surface area contributed by atoms with E-state index in [1.54, 1.807) is 24.3 Å². The molecule has 14 heavy (non-hydrogen) atoms. The number of hydrogen-bond donors (Lipinski definition) is 0. The average molecular weight is 184 g/mol. The van der Waals surface area contributed by atoms with Crippen LogP contribution in [0.1, 0.15) is 0 Å². The first kappa shape index (κ1) is 9.49. The SMILES string of the molecule is N#CN=Nc1ccc(N=NC#N)cc1. The fraction of sp³-hybridized carbons (Fsp3) is 0. The third-order valence-corrected chi connectivity index (χ3v) is 1.27. The second-order valence-corrected chi connectivity index (χ2v) is 2.12. The van der Waals surface area contributed by atoms with E-state index in [2.05, 4.69) is 20.5 Å². The summed E-state index contributed by atoms with van der Waals surface area (Å²) >= 11 is 0. The summed E-state index contributed by atoms with van der Waals surface area (Å²) in [6.07, 6.45) is 3.08. The summed E-state index contributed by atoms with van der Waals surface area (Å²) in [6.45, 7) is 0. The third-order valence-electron chi connectivity index (χ3n) is 1.27. The van der Waals surface area contributed by atoms with Crippen molar-refractivity contribution in [1.29, 1.82) is 10.5 Å². The Morgan fingerprint density at radius 1 is 0.786 bits per heavy atom. The second kappa shape index (κ2) is 5.12. The molecule has 1 aromatic carbocycles. The highest BCUT2D eigenvalue weighted by atomic mass is 15.1. The van der Waals surface area contributed by atoms with Gasteiger partial charge in [-0.05, 0) is 24.3 Å². The highest BCUT2D eigenvalue weighted by Gasteiger charge is 1.90. The molecule has 0 radical (unpaired) electrons. The molecule has 0 N–H and O–H groups in total. The number of rotatable bonds is 2. The molecule has 66 valence electrons. The Morgan fingerprint density at radius 3 is 1.43 bits per heavy atom. The molecule has 0 aliphatic heterocycles. The first-order valence-corrected chi connectivity index (χ1v) is 3.56. The Hall–Kier alpha value is -2.60. The monoisotopic (exact) mass is 184 g/mol. The maximum atomic E-state index is 8.12. The fourth-order valence-corrected chi connectivity index (χ4v) is 0.746. The molecule has 6 nitrogen and oxygen atoms in total. The van der Waals surface area contributed by atoms with Crippen LogP contribution in [0.5, 0.6) is 0 Å². The minimum absolute atomic E-state index is 0.544. The Labute approximate surface area is 79.8 Å². The molecule has 0 heterocycles. The molecule has 0 fully saturated rings. The highest BCUT2D eigenvalue weighted by molar-refractivity contribution is 5.46. The summed E-state index contributed by atoms with van der Waals surface area (Å²) in [6, 6.07) is 6.47. The van der Waals surface area contributed by atoms with E-state index in [4.69, 9.17) is 10.5 Å². The second-order valence-electron chi connectivity index (χ2n) is 2.12. The van der Waals surface area contributed by atoms with Gasteiger partial charge in [-0.15, -0.1) is 10.2 Å². The molecule has 0 saturated heterocycles. The normalized spacial score (nSPS) is 10.1. The van der Waals surface area contributed by atoms with E-state index >= 15 is 0 Å². The zero-order chi connectivity index (χ0) is 10.2. The Morgan fingerprint density at radius 2 is 1.14 bits per heavy atom. The molecule has 0 spiro atoms. The smallest absolute Gasteiger partial charge is 0.169 e. The lowest BCUT2D eigenvalue weighted by atomic mass is 10.3. The lowest BCUT2D eigenvalue weighted by Gasteiger charge is -1.90. The van der Waals surface area contributed by atoms with Crippen molar-refractivity contribution in [2.75, 3.05) is 0 Å². The van der Waals surface area contributed by atoms with Crippen LogP contribution in [0.25, 0.3) is 0 Å². The fourth-order valence-electron chi connectivity index (χ4n) is 0.746. The van der Waals surface area contributed by atoms with E-state index in [0.717, 1.165) is 0 Å². The molecule has 0 aromatic heterocycles. The molecular formula is C8H4N6. The van der Waals surface area contributed by atoms with Crippen molar-refractivity contribution in [1.82, 2.24) is 0 Å². The van der Waals surface area contributed by atoms with Gasteiger partial charge in [0.15, 0.2) is 0 Å². The minimum Gasteiger partial charge on any atom is -0.169 e. The summed E-state index contributed by atoms with van der Waals surface area (Å²) < 4.78 is 0. The van der Waals surface area contributed by atoms with Crippen LogP contribution in [0.15, 0.2) is 44.7 Å². The number of azo groups is 2. The van der Waals surface area contributed by atoms with Crippen LogP contribution in [0.3, 0.4) is 0 Å². The summed E-state index contributed by atoms with van der Waals surface area (Å²) in [4.78, 5) is 0. The van der Waals surface area contributed by atoms with Gasteiger partial charge in [-0.3, -0.25) is 0 Å². The van der Waals surface area contributed by atoms with Crippen LogP contribution in [-0.4, -0.2) is 0 Å². The topological polar surface area (TPSA) is 97.0 Å². The average Bonchev–Trinajstić information content (AvgIpc) is 2.25. The van der Waals surface area contributed by atoms with Gasteiger partial charge in [0.1, 0.15) is 0 Å². The molecule has 0 bridgehead atoms. The van der Waals surface area contributed by atoms with Crippen LogP contribution in [0.4, 0.5) is 11.4 Å². The Bertz CT molecular complexity index is 387. The summed E-state index contributed by atoms with van der Waals surface area (Å²) in [5.74, 6) is 0. The van der Waals surface area contributed by atoms with Gasteiger partial charge in [0.2, 0.25) is 12.4 Å². The van der Waals surface area contributed by atoms with Gasteiger partial charge in [-0.2, -0.15) is 10.5 Å². The van der Waals surface area contributed by atoms with Crippen molar-refractivity contribution in [2.45, 2.75) is 0 Å². The maximum absolute atomic E-state index is 8.12. The lowest BCUT2D eigenvalue weighted by molar-refractivity contribution is 1.21. The molecular weight excluding hydrogens is 180 g/mol. The van der Waals surface area contributed by atoms with E-state index in [0.29, 0.717) is 11.4 Å². The van der Waals surface area contributed by atoms with E-state index in [1.165, 1.54) is 12.4 Å². The van der Waals surface area contributed by atoms with Crippen LogP contribution in [0, 0.1) is 22.9 Å². The molecule has 0 atom stereocenters. The Balaban J connectivity index is 2.80. The highest BCUT2D eigenvalue weighted by Crippen LogP contribution is 2.18. The molecule has 1 rings (SSSR count). The zero-order valence-corrected chi connectivity index (χ0v) is 6.99. The largest absolute Gasteiger partial charge is 0.226 e. The van der Waals surface area contributed by atoms with Crippen molar-refractivity contribution in [3.8, 4) is 12.4 Å².